The van der Waals surface area contributed by atoms with Gasteiger partial charge >= 0.3 is 5.69 Å². The number of nitrogens with one attached hydrogen (secondary N) is 2. The summed E-state index contributed by atoms with van der Waals surface area (Å²) in [5.74, 6) is -0.377. The first kappa shape index (κ1) is 20.4. The maximum Gasteiger partial charge on any atom is 0.329 e. The third-order valence-electron chi connectivity index (χ3n) is 4.75. The van der Waals surface area contributed by atoms with Gasteiger partial charge in [0.25, 0.3) is 5.91 Å². The molecule has 0 aliphatic rings. The lowest BCUT2D eigenvalue weighted by Gasteiger charge is -2.08. The Labute approximate surface area is 169 Å². The van der Waals surface area contributed by atoms with Crippen LogP contribution in [0, 0.1) is 0 Å². The first-order chi connectivity index (χ1) is 14.0. The fourth-order valence-electron chi connectivity index (χ4n) is 3.31. The van der Waals surface area contributed by atoms with Crippen LogP contribution in [0.15, 0.2) is 53.3 Å². The number of para-hydroxylation sites is 2. The number of nitrogens with zero attached hydrogens (tertiary/aromatic N) is 2. The van der Waals surface area contributed by atoms with E-state index in [1.54, 1.807) is 33.4 Å². The van der Waals surface area contributed by atoms with Crippen LogP contribution in [0.1, 0.15) is 37.0 Å². The molecule has 1 aromatic heterocycles. The maximum absolute atomic E-state index is 12.6. The number of anilines is 1. The number of imidazole rings is 1. The molecule has 3 rings (SSSR count). The molecule has 1 heterocycles. The first-order valence-electron chi connectivity index (χ1n) is 9.91. The molecule has 0 aliphatic heterocycles. The van der Waals surface area contributed by atoms with Crippen molar-refractivity contribution >= 4 is 28.5 Å². The summed E-state index contributed by atoms with van der Waals surface area (Å²) in [6, 6.07) is 14.4. The molecule has 2 aromatic carbocycles. The highest BCUT2D eigenvalue weighted by atomic mass is 16.2. The zero-order valence-electron chi connectivity index (χ0n) is 16.8. The van der Waals surface area contributed by atoms with Crippen LogP contribution in [0.3, 0.4) is 0 Å². The fourth-order valence-corrected chi connectivity index (χ4v) is 3.31. The van der Waals surface area contributed by atoms with Gasteiger partial charge in [-0.1, -0.05) is 25.1 Å². The van der Waals surface area contributed by atoms with Crippen molar-refractivity contribution in [2.45, 2.75) is 39.8 Å². The molecule has 29 heavy (non-hydrogen) atoms. The summed E-state index contributed by atoms with van der Waals surface area (Å²) in [5.41, 5.74) is 2.63. The molecule has 2 N–H and O–H groups in total. The minimum atomic E-state index is -0.212. The quantitative estimate of drug-likeness (QED) is 0.616. The summed E-state index contributed by atoms with van der Waals surface area (Å²) in [7, 11) is 0. The van der Waals surface area contributed by atoms with Gasteiger partial charge in [0.2, 0.25) is 5.91 Å². The molecule has 3 aromatic rings. The van der Waals surface area contributed by atoms with E-state index in [1.807, 2.05) is 38.1 Å². The molecule has 0 saturated heterocycles. The molecule has 0 radical (unpaired) electrons. The number of hydrogen-bond donors (Lipinski definition) is 2. The van der Waals surface area contributed by atoms with Crippen molar-refractivity contribution in [2.75, 3.05) is 11.9 Å². The van der Waals surface area contributed by atoms with Gasteiger partial charge in [0.15, 0.2) is 0 Å². The van der Waals surface area contributed by atoms with E-state index in [2.05, 4.69) is 10.6 Å². The predicted molar refractivity (Wildman–Crippen MR) is 114 cm³/mol. The second kappa shape index (κ2) is 9.23. The molecule has 0 fully saturated rings. The molecule has 0 aliphatic carbocycles. The molecule has 7 heteroatoms. The third kappa shape index (κ3) is 4.56. The molecule has 0 spiro atoms. The molecule has 0 bridgehead atoms. The molecule has 0 unspecified atom stereocenters. The van der Waals surface area contributed by atoms with E-state index in [-0.39, 0.29) is 30.5 Å². The van der Waals surface area contributed by atoms with Gasteiger partial charge in [-0.15, -0.1) is 0 Å². The summed E-state index contributed by atoms with van der Waals surface area (Å²) in [4.78, 5) is 37.2. The summed E-state index contributed by atoms with van der Waals surface area (Å²) >= 11 is 0. The molecule has 0 atom stereocenters. The Kier molecular flexibility index (Phi) is 6.49. The molecule has 2 amide bonds. The van der Waals surface area contributed by atoms with Crippen LogP contribution in [-0.2, 0) is 17.9 Å². The SMILES string of the molecule is CCCNC(=O)c1cccc(NC(=O)CCn2c(=O)n(CC)c3ccccc32)c1. The highest BCUT2D eigenvalue weighted by molar-refractivity contribution is 5.97. The van der Waals surface area contributed by atoms with Gasteiger partial charge in [-0.05, 0) is 43.7 Å². The summed E-state index contributed by atoms with van der Waals surface area (Å²) < 4.78 is 3.33. The van der Waals surface area contributed by atoms with E-state index in [0.29, 0.717) is 24.3 Å². The van der Waals surface area contributed by atoms with E-state index in [1.165, 1.54) is 0 Å². The van der Waals surface area contributed by atoms with Gasteiger partial charge in [-0.2, -0.15) is 0 Å². The van der Waals surface area contributed by atoms with Crippen molar-refractivity contribution < 1.29 is 9.59 Å². The lowest BCUT2D eigenvalue weighted by Crippen LogP contribution is -2.26. The van der Waals surface area contributed by atoms with Crippen LogP contribution in [-0.4, -0.2) is 27.5 Å². The van der Waals surface area contributed by atoms with Crippen LogP contribution in [0.4, 0.5) is 5.69 Å². The lowest BCUT2D eigenvalue weighted by atomic mass is 10.2. The number of carbonyl (C=O) groups excluding carboxylic acids is 2. The summed E-state index contributed by atoms with van der Waals surface area (Å²) in [5, 5.41) is 5.63. The summed E-state index contributed by atoms with van der Waals surface area (Å²) in [6.07, 6.45) is 1.01. The minimum absolute atomic E-state index is 0.115. The topological polar surface area (TPSA) is 85.1 Å². The number of fused-ring (bicyclic) bond motifs is 1. The highest BCUT2D eigenvalue weighted by Gasteiger charge is 2.13. The second-order valence-corrected chi connectivity index (χ2v) is 6.80. The van der Waals surface area contributed by atoms with Crippen LogP contribution < -0.4 is 16.3 Å². The molecule has 0 saturated carbocycles. The molecular weight excluding hydrogens is 368 g/mol. The van der Waals surface area contributed by atoms with Gasteiger partial charge in [-0.3, -0.25) is 18.7 Å². The molecule has 152 valence electrons. The maximum atomic E-state index is 12.6. The van der Waals surface area contributed by atoms with Gasteiger partial charge < -0.3 is 10.6 Å². The molecule has 7 nitrogen and oxygen atoms in total. The Morgan fingerprint density at radius 3 is 2.38 bits per heavy atom. The van der Waals surface area contributed by atoms with Gasteiger partial charge in [-0.25, -0.2) is 4.79 Å². The van der Waals surface area contributed by atoms with Crippen molar-refractivity contribution in [1.29, 1.82) is 0 Å². The van der Waals surface area contributed by atoms with Crippen molar-refractivity contribution in [1.82, 2.24) is 14.5 Å². The standard InChI is InChI=1S/C22H26N4O3/c1-3-13-23-21(28)16-8-7-9-17(15-16)24-20(27)12-14-26-19-11-6-5-10-18(19)25(4-2)22(26)29/h5-11,15H,3-4,12-14H2,1-2H3,(H,23,28)(H,24,27). The Bertz CT molecular complexity index is 1080. The van der Waals surface area contributed by atoms with Crippen molar-refractivity contribution in [2.24, 2.45) is 0 Å². The zero-order valence-corrected chi connectivity index (χ0v) is 16.8. The van der Waals surface area contributed by atoms with E-state index < -0.39 is 0 Å². The normalized spacial score (nSPS) is 10.8. The number of amides is 2. The molecular formula is C22H26N4O3. The number of benzene rings is 2. The van der Waals surface area contributed by atoms with Crippen LogP contribution in [0.5, 0.6) is 0 Å². The predicted octanol–water partition coefficient (Wildman–Crippen LogP) is 2.99. The summed E-state index contributed by atoms with van der Waals surface area (Å²) in [6.45, 7) is 5.38. The van der Waals surface area contributed by atoms with Gasteiger partial charge in [0.1, 0.15) is 0 Å². The number of hydrogen-bond acceptors (Lipinski definition) is 3. The fraction of sp³-hybridized carbons (Fsp3) is 0.318. The first-order valence-corrected chi connectivity index (χ1v) is 9.91. The minimum Gasteiger partial charge on any atom is -0.352 e. The highest BCUT2D eigenvalue weighted by Crippen LogP contribution is 2.14. The Morgan fingerprint density at radius 1 is 0.966 bits per heavy atom. The van der Waals surface area contributed by atoms with E-state index >= 15 is 0 Å². The number of carbonyl (C=O) groups is 2. The van der Waals surface area contributed by atoms with E-state index in [9.17, 15) is 14.4 Å². The number of aryl methyl sites for hydroxylation is 2. The average Bonchev–Trinajstić information content (AvgIpc) is 3.01. The third-order valence-corrected chi connectivity index (χ3v) is 4.75. The van der Waals surface area contributed by atoms with Crippen molar-refractivity contribution in [3.63, 3.8) is 0 Å². The van der Waals surface area contributed by atoms with Crippen molar-refractivity contribution in [3.8, 4) is 0 Å². The Hall–Kier alpha value is -3.35. The smallest absolute Gasteiger partial charge is 0.329 e. The Balaban J connectivity index is 1.68. The van der Waals surface area contributed by atoms with Crippen LogP contribution in [0.2, 0.25) is 0 Å². The van der Waals surface area contributed by atoms with Crippen molar-refractivity contribution in [3.05, 3.63) is 64.6 Å². The van der Waals surface area contributed by atoms with Crippen LogP contribution >= 0.6 is 0 Å². The monoisotopic (exact) mass is 394 g/mol. The van der Waals surface area contributed by atoms with E-state index in [0.717, 1.165) is 17.5 Å². The van der Waals surface area contributed by atoms with Gasteiger partial charge in [0.05, 0.1) is 11.0 Å². The lowest BCUT2D eigenvalue weighted by molar-refractivity contribution is -0.116. The second-order valence-electron chi connectivity index (χ2n) is 6.80. The largest absolute Gasteiger partial charge is 0.352 e. The number of aromatic nitrogens is 2. The Morgan fingerprint density at radius 2 is 1.69 bits per heavy atom. The zero-order chi connectivity index (χ0) is 20.8. The van der Waals surface area contributed by atoms with Gasteiger partial charge in [0, 0.05) is 37.3 Å². The average molecular weight is 394 g/mol. The van der Waals surface area contributed by atoms with Crippen LogP contribution in [0.25, 0.3) is 11.0 Å². The van der Waals surface area contributed by atoms with E-state index in [4.69, 9.17) is 0 Å². The number of rotatable bonds is 8.